The summed E-state index contributed by atoms with van der Waals surface area (Å²) < 4.78 is 41.7. The number of nitrogens with one attached hydrogen (secondary N) is 1. The van der Waals surface area contributed by atoms with E-state index >= 15 is 0 Å². The number of anilines is 1. The van der Waals surface area contributed by atoms with E-state index in [1.165, 1.54) is 16.8 Å². The molecule has 0 unspecified atom stereocenters. The second kappa shape index (κ2) is 4.93. The Balaban J connectivity index is 2.37. The van der Waals surface area contributed by atoms with Gasteiger partial charge in [-0.15, -0.1) is 0 Å². The van der Waals surface area contributed by atoms with Crippen LogP contribution in [0.15, 0.2) is 33.8 Å². The highest BCUT2D eigenvalue weighted by Gasteiger charge is 2.18. The van der Waals surface area contributed by atoms with Crippen molar-refractivity contribution in [1.82, 2.24) is 9.78 Å². The molecule has 1 N–H and O–H groups in total. The largest absolute Gasteiger partial charge is 0.276 e. The average molecular weight is 348 g/mol. The normalized spacial score (nSPS) is 11.6. The summed E-state index contributed by atoms with van der Waals surface area (Å²) in [7, 11) is -2.14. The molecule has 0 amide bonds. The van der Waals surface area contributed by atoms with E-state index in [4.69, 9.17) is 0 Å². The molecule has 1 aromatic carbocycles. The lowest BCUT2D eigenvalue weighted by Gasteiger charge is -2.07. The van der Waals surface area contributed by atoms with E-state index in [9.17, 15) is 12.8 Å². The van der Waals surface area contributed by atoms with Crippen LogP contribution >= 0.6 is 15.9 Å². The molecule has 1 aromatic heterocycles. The lowest BCUT2D eigenvalue weighted by Crippen LogP contribution is -2.13. The van der Waals surface area contributed by atoms with Crippen LogP contribution in [0.5, 0.6) is 0 Å². The number of sulfonamides is 1. The quantitative estimate of drug-likeness (QED) is 0.927. The van der Waals surface area contributed by atoms with Crippen molar-refractivity contribution in [2.75, 3.05) is 4.72 Å². The second-order valence-electron chi connectivity index (χ2n) is 3.98. The summed E-state index contributed by atoms with van der Waals surface area (Å²) in [5, 5.41) is 4.03. The molecule has 5 nitrogen and oxygen atoms in total. The van der Waals surface area contributed by atoms with Crippen molar-refractivity contribution in [1.29, 1.82) is 0 Å². The minimum absolute atomic E-state index is 0.142. The molecule has 0 aliphatic carbocycles. The van der Waals surface area contributed by atoms with E-state index in [0.29, 0.717) is 11.4 Å². The van der Waals surface area contributed by atoms with E-state index < -0.39 is 15.8 Å². The van der Waals surface area contributed by atoms with Gasteiger partial charge in [-0.05, 0) is 41.1 Å². The standard InChI is InChI=1S/C11H11BrFN3O2S/c1-7-11(6-16(2)14-7)15-19(17,18)8-3-4-9(12)10(13)5-8/h3-6,15H,1-2H3. The van der Waals surface area contributed by atoms with Crippen LogP contribution in [-0.2, 0) is 17.1 Å². The Hall–Kier alpha value is -1.41. The topological polar surface area (TPSA) is 64.0 Å². The van der Waals surface area contributed by atoms with Gasteiger partial charge < -0.3 is 0 Å². The van der Waals surface area contributed by atoms with E-state index in [-0.39, 0.29) is 9.37 Å². The van der Waals surface area contributed by atoms with Crippen molar-refractivity contribution >= 4 is 31.6 Å². The van der Waals surface area contributed by atoms with Crippen molar-refractivity contribution in [2.45, 2.75) is 11.8 Å². The highest BCUT2D eigenvalue weighted by atomic mass is 79.9. The van der Waals surface area contributed by atoms with Crippen LogP contribution in [0.4, 0.5) is 10.1 Å². The molecule has 2 rings (SSSR count). The van der Waals surface area contributed by atoms with Gasteiger partial charge in [0.05, 0.1) is 20.7 Å². The van der Waals surface area contributed by atoms with Gasteiger partial charge in [-0.1, -0.05) is 0 Å². The highest BCUT2D eigenvalue weighted by molar-refractivity contribution is 9.10. The molecule has 0 aliphatic rings. The van der Waals surface area contributed by atoms with E-state index in [1.54, 1.807) is 20.2 Å². The minimum atomic E-state index is -3.83. The SMILES string of the molecule is Cc1nn(C)cc1NS(=O)(=O)c1ccc(Br)c(F)c1. The van der Waals surface area contributed by atoms with Crippen LogP contribution < -0.4 is 4.72 Å². The number of hydrogen-bond donors (Lipinski definition) is 1. The monoisotopic (exact) mass is 347 g/mol. The Kier molecular flexibility index (Phi) is 3.64. The van der Waals surface area contributed by atoms with E-state index in [0.717, 1.165) is 6.07 Å². The molecule has 0 spiro atoms. The molecule has 2 aromatic rings. The molecule has 0 saturated heterocycles. The molecule has 102 valence electrons. The average Bonchev–Trinajstić information content (AvgIpc) is 2.60. The first-order chi connectivity index (χ1) is 8.79. The fraction of sp³-hybridized carbons (Fsp3) is 0.182. The van der Waals surface area contributed by atoms with Gasteiger partial charge in [0.15, 0.2) is 0 Å². The van der Waals surface area contributed by atoms with Gasteiger partial charge in [-0.25, -0.2) is 12.8 Å². The summed E-state index contributed by atoms with van der Waals surface area (Å²) in [6.45, 7) is 1.68. The number of rotatable bonds is 3. The Morgan fingerprint density at radius 1 is 1.42 bits per heavy atom. The maximum absolute atomic E-state index is 13.4. The first kappa shape index (κ1) is 14.0. The molecule has 0 aliphatic heterocycles. The molecular weight excluding hydrogens is 337 g/mol. The van der Waals surface area contributed by atoms with E-state index in [2.05, 4.69) is 25.8 Å². The summed E-state index contributed by atoms with van der Waals surface area (Å²) in [5.41, 5.74) is 0.912. The van der Waals surface area contributed by atoms with Gasteiger partial charge in [-0.3, -0.25) is 9.40 Å². The first-order valence-corrected chi connectivity index (χ1v) is 7.55. The summed E-state index contributed by atoms with van der Waals surface area (Å²) in [6.07, 6.45) is 1.54. The molecule has 0 radical (unpaired) electrons. The smallest absolute Gasteiger partial charge is 0.262 e. The number of hydrogen-bond acceptors (Lipinski definition) is 3. The van der Waals surface area contributed by atoms with E-state index in [1.807, 2.05) is 0 Å². The Morgan fingerprint density at radius 3 is 2.63 bits per heavy atom. The molecule has 0 bridgehead atoms. The Bertz CT molecular complexity index is 728. The van der Waals surface area contributed by atoms with Crippen molar-refractivity contribution in [3.05, 3.63) is 40.4 Å². The summed E-state index contributed by atoms with van der Waals surface area (Å²) in [5.74, 6) is -0.634. The third kappa shape index (κ3) is 2.95. The van der Waals surface area contributed by atoms with Gasteiger partial charge in [0, 0.05) is 13.2 Å². The molecule has 1 heterocycles. The number of aromatic nitrogens is 2. The maximum atomic E-state index is 13.4. The molecule has 0 fully saturated rings. The second-order valence-corrected chi connectivity index (χ2v) is 6.52. The summed E-state index contributed by atoms with van der Waals surface area (Å²) in [6, 6.07) is 3.62. The lowest BCUT2D eigenvalue weighted by atomic mass is 10.3. The van der Waals surface area contributed by atoms with Gasteiger partial charge >= 0.3 is 0 Å². The molecular formula is C11H11BrFN3O2S. The summed E-state index contributed by atoms with van der Waals surface area (Å²) in [4.78, 5) is -0.142. The van der Waals surface area contributed by atoms with Crippen molar-refractivity contribution in [2.24, 2.45) is 7.05 Å². The van der Waals surface area contributed by atoms with Crippen LogP contribution in [0.2, 0.25) is 0 Å². The fourth-order valence-corrected chi connectivity index (χ4v) is 2.91. The third-order valence-electron chi connectivity index (χ3n) is 2.46. The number of halogens is 2. The third-order valence-corrected chi connectivity index (χ3v) is 4.47. The minimum Gasteiger partial charge on any atom is -0.276 e. The summed E-state index contributed by atoms with van der Waals surface area (Å²) >= 11 is 2.97. The number of benzene rings is 1. The molecule has 8 heteroatoms. The zero-order chi connectivity index (χ0) is 14.2. The van der Waals surface area contributed by atoms with Crippen LogP contribution in [0, 0.1) is 12.7 Å². The van der Waals surface area contributed by atoms with Gasteiger partial charge in [0.25, 0.3) is 10.0 Å². The van der Waals surface area contributed by atoms with Gasteiger partial charge in [0.2, 0.25) is 0 Å². The predicted molar refractivity (Wildman–Crippen MR) is 72.9 cm³/mol. The van der Waals surface area contributed by atoms with Crippen molar-refractivity contribution in [3.63, 3.8) is 0 Å². The van der Waals surface area contributed by atoms with Crippen molar-refractivity contribution < 1.29 is 12.8 Å². The Labute approximate surface area is 118 Å². The van der Waals surface area contributed by atoms with Crippen molar-refractivity contribution in [3.8, 4) is 0 Å². The van der Waals surface area contributed by atoms with Crippen LogP contribution in [0.3, 0.4) is 0 Å². The first-order valence-electron chi connectivity index (χ1n) is 5.28. The fourth-order valence-electron chi connectivity index (χ4n) is 1.55. The van der Waals surface area contributed by atoms with Gasteiger partial charge in [-0.2, -0.15) is 5.10 Å². The van der Waals surface area contributed by atoms with Crippen LogP contribution in [0.25, 0.3) is 0 Å². The molecule has 19 heavy (non-hydrogen) atoms. The lowest BCUT2D eigenvalue weighted by molar-refractivity contribution is 0.593. The molecule has 0 atom stereocenters. The predicted octanol–water partition coefficient (Wildman–Crippen LogP) is 2.43. The zero-order valence-electron chi connectivity index (χ0n) is 10.2. The molecule has 0 saturated carbocycles. The maximum Gasteiger partial charge on any atom is 0.262 e. The number of aryl methyl sites for hydroxylation is 2. The highest BCUT2D eigenvalue weighted by Crippen LogP contribution is 2.22. The zero-order valence-corrected chi connectivity index (χ0v) is 12.6. The Morgan fingerprint density at radius 2 is 2.11 bits per heavy atom. The van der Waals surface area contributed by atoms with Gasteiger partial charge in [0.1, 0.15) is 5.82 Å². The van der Waals surface area contributed by atoms with Crippen LogP contribution in [-0.4, -0.2) is 18.2 Å². The number of nitrogens with zero attached hydrogens (tertiary/aromatic N) is 2. The van der Waals surface area contributed by atoms with Crippen LogP contribution in [0.1, 0.15) is 5.69 Å².